The van der Waals surface area contributed by atoms with Crippen molar-refractivity contribution in [2.24, 2.45) is 0 Å². The third-order valence-corrected chi connectivity index (χ3v) is 3.77. The molecule has 0 rings (SSSR count). The highest BCUT2D eigenvalue weighted by Gasteiger charge is 2.04. The van der Waals surface area contributed by atoms with Crippen LogP contribution >= 0.6 is 0 Å². The van der Waals surface area contributed by atoms with Crippen LogP contribution in [0.15, 0.2) is 0 Å². The van der Waals surface area contributed by atoms with E-state index in [9.17, 15) is 0 Å². The molecule has 0 fully saturated rings. The molecule has 0 saturated heterocycles. The molecule has 1 atom stereocenters. The van der Waals surface area contributed by atoms with E-state index >= 15 is 0 Å². The van der Waals surface area contributed by atoms with Gasteiger partial charge in [-0.05, 0) is 39.8 Å². The Morgan fingerprint density at radius 1 is 0.941 bits per heavy atom. The summed E-state index contributed by atoms with van der Waals surface area (Å²) in [4.78, 5) is 2.49. The first-order valence-electron chi connectivity index (χ1n) is 7.74. The van der Waals surface area contributed by atoms with Gasteiger partial charge in [-0.3, -0.25) is 0 Å². The van der Waals surface area contributed by atoms with Gasteiger partial charge in [0.2, 0.25) is 0 Å². The lowest BCUT2D eigenvalue weighted by Crippen LogP contribution is -2.29. The fourth-order valence-corrected chi connectivity index (χ4v) is 2.04. The van der Waals surface area contributed by atoms with Gasteiger partial charge in [0, 0.05) is 6.04 Å². The van der Waals surface area contributed by atoms with Crippen LogP contribution in [0.25, 0.3) is 0 Å². The van der Waals surface area contributed by atoms with Crippen LogP contribution in [0.4, 0.5) is 0 Å². The molecule has 103 valence electrons. The molecule has 0 aliphatic carbocycles. The first-order valence-corrected chi connectivity index (χ1v) is 7.74. The van der Waals surface area contributed by atoms with Gasteiger partial charge in [0.05, 0.1) is 0 Å². The summed E-state index contributed by atoms with van der Waals surface area (Å²) in [6.45, 7) is 8.13. The molecule has 0 N–H and O–H groups in total. The lowest BCUT2D eigenvalue weighted by molar-refractivity contribution is 0.246. The maximum Gasteiger partial charge on any atom is 0.00612 e. The number of nitrogens with zero attached hydrogens (tertiary/aromatic N) is 1. The summed E-state index contributed by atoms with van der Waals surface area (Å²) in [5, 5.41) is 0. The molecule has 0 spiro atoms. The maximum atomic E-state index is 2.49. The Labute approximate surface area is 110 Å². The highest BCUT2D eigenvalue weighted by molar-refractivity contribution is 4.65. The van der Waals surface area contributed by atoms with Crippen LogP contribution in [-0.4, -0.2) is 24.5 Å². The van der Waals surface area contributed by atoms with Crippen molar-refractivity contribution < 1.29 is 0 Å². The second kappa shape index (κ2) is 12.4. The monoisotopic (exact) mass is 240 g/mol. The van der Waals surface area contributed by atoms with E-state index in [4.69, 9.17) is 0 Å². The second-order valence-corrected chi connectivity index (χ2v) is 5.37. The van der Waals surface area contributed by atoms with E-state index in [1.165, 1.54) is 64.3 Å². The molecule has 0 amide bonds. The highest BCUT2D eigenvalue weighted by atomic mass is 15.1. The summed E-state index contributed by atoms with van der Waals surface area (Å²) in [6, 6.07) is 0.746. The predicted octanol–water partition coefficient (Wildman–Crippen LogP) is 5.06. The quantitative estimate of drug-likeness (QED) is 0.431. The zero-order chi connectivity index (χ0) is 12.9. The summed E-state index contributed by atoms with van der Waals surface area (Å²) < 4.78 is 0. The molecule has 0 aromatic rings. The molecule has 1 unspecified atom stereocenters. The molecule has 1 radical (unpaired) electrons. The van der Waals surface area contributed by atoms with Crippen molar-refractivity contribution in [2.75, 3.05) is 13.6 Å². The van der Waals surface area contributed by atoms with Crippen LogP contribution in [0.5, 0.6) is 0 Å². The molecule has 0 aromatic carbocycles. The molecule has 0 bridgehead atoms. The summed E-state index contributed by atoms with van der Waals surface area (Å²) >= 11 is 0. The number of unbranched alkanes of at least 4 members (excludes halogenated alkanes) is 8. The summed E-state index contributed by atoms with van der Waals surface area (Å²) in [7, 11) is 2.25. The van der Waals surface area contributed by atoms with Gasteiger partial charge in [-0.15, -0.1) is 0 Å². The van der Waals surface area contributed by atoms with Gasteiger partial charge in [-0.25, -0.2) is 0 Å². The first-order chi connectivity index (χ1) is 8.22. The van der Waals surface area contributed by atoms with Gasteiger partial charge in [0.1, 0.15) is 0 Å². The lowest BCUT2D eigenvalue weighted by Gasteiger charge is -2.23. The molecule has 0 aliphatic rings. The Hall–Kier alpha value is -0.0400. The zero-order valence-corrected chi connectivity index (χ0v) is 12.7. The van der Waals surface area contributed by atoms with Crippen molar-refractivity contribution in [1.29, 1.82) is 0 Å². The first kappa shape index (κ1) is 17.0. The molecule has 1 heteroatoms. The SMILES string of the molecule is CCCCC[CH]CCCCCN(C)C(C)CC. The van der Waals surface area contributed by atoms with Crippen molar-refractivity contribution in [3.8, 4) is 0 Å². The Morgan fingerprint density at radius 2 is 1.59 bits per heavy atom. The molecule has 0 aromatic heterocycles. The Morgan fingerprint density at radius 3 is 2.18 bits per heavy atom. The minimum absolute atomic E-state index is 0.746. The van der Waals surface area contributed by atoms with Crippen LogP contribution in [0, 0.1) is 6.42 Å². The van der Waals surface area contributed by atoms with Gasteiger partial charge in [0.15, 0.2) is 0 Å². The number of hydrogen-bond donors (Lipinski definition) is 0. The van der Waals surface area contributed by atoms with E-state index in [0.717, 1.165) is 6.04 Å². The maximum absolute atomic E-state index is 2.49. The molecular weight excluding hydrogens is 206 g/mol. The van der Waals surface area contributed by atoms with Crippen LogP contribution < -0.4 is 0 Å². The highest BCUT2D eigenvalue weighted by Crippen LogP contribution is 2.09. The van der Waals surface area contributed by atoms with E-state index in [0.29, 0.717) is 0 Å². The van der Waals surface area contributed by atoms with Gasteiger partial charge < -0.3 is 4.90 Å². The Kier molecular flexibility index (Phi) is 12.4. The van der Waals surface area contributed by atoms with Gasteiger partial charge in [-0.2, -0.15) is 0 Å². The summed E-state index contributed by atoms with van der Waals surface area (Å²) in [5.41, 5.74) is 0. The van der Waals surface area contributed by atoms with Crippen LogP contribution in [0.1, 0.15) is 78.6 Å². The van der Waals surface area contributed by atoms with Crippen molar-refractivity contribution in [2.45, 2.75) is 84.6 Å². The van der Waals surface area contributed by atoms with Gasteiger partial charge in [-0.1, -0.05) is 58.8 Å². The van der Waals surface area contributed by atoms with E-state index < -0.39 is 0 Å². The van der Waals surface area contributed by atoms with Crippen molar-refractivity contribution in [3.05, 3.63) is 6.42 Å². The zero-order valence-electron chi connectivity index (χ0n) is 12.7. The van der Waals surface area contributed by atoms with E-state index in [2.05, 4.69) is 39.1 Å². The van der Waals surface area contributed by atoms with Crippen molar-refractivity contribution in [3.63, 3.8) is 0 Å². The molecule has 0 heterocycles. The topological polar surface area (TPSA) is 3.24 Å². The average Bonchev–Trinajstić information content (AvgIpc) is 2.35. The Bertz CT molecular complexity index is 144. The standard InChI is InChI=1S/C16H34N/c1-5-7-8-9-10-11-12-13-14-15-17(4)16(3)6-2/h10,16H,5-9,11-15H2,1-4H3. The van der Waals surface area contributed by atoms with Crippen LogP contribution in [0.3, 0.4) is 0 Å². The second-order valence-electron chi connectivity index (χ2n) is 5.37. The molecular formula is C16H34N. The van der Waals surface area contributed by atoms with Gasteiger partial charge >= 0.3 is 0 Å². The van der Waals surface area contributed by atoms with Gasteiger partial charge in [0.25, 0.3) is 0 Å². The summed E-state index contributed by atoms with van der Waals surface area (Å²) in [6.07, 6.45) is 14.7. The minimum atomic E-state index is 0.746. The predicted molar refractivity (Wildman–Crippen MR) is 79.3 cm³/mol. The van der Waals surface area contributed by atoms with Crippen LogP contribution in [0.2, 0.25) is 0 Å². The number of hydrogen-bond acceptors (Lipinski definition) is 1. The minimum Gasteiger partial charge on any atom is -0.304 e. The fraction of sp³-hybridized carbons (Fsp3) is 0.938. The molecule has 1 nitrogen and oxygen atoms in total. The summed E-state index contributed by atoms with van der Waals surface area (Å²) in [5.74, 6) is 0. The van der Waals surface area contributed by atoms with E-state index in [1.54, 1.807) is 0 Å². The Balaban J connectivity index is 3.13. The number of rotatable bonds is 12. The van der Waals surface area contributed by atoms with E-state index in [-0.39, 0.29) is 0 Å². The molecule has 0 aliphatic heterocycles. The van der Waals surface area contributed by atoms with E-state index in [1.807, 2.05) is 0 Å². The average molecular weight is 240 g/mol. The van der Waals surface area contributed by atoms with Crippen molar-refractivity contribution in [1.82, 2.24) is 4.90 Å². The third kappa shape index (κ3) is 10.8. The third-order valence-electron chi connectivity index (χ3n) is 3.77. The largest absolute Gasteiger partial charge is 0.304 e. The van der Waals surface area contributed by atoms with Crippen molar-refractivity contribution >= 4 is 0 Å². The fourth-order valence-electron chi connectivity index (χ4n) is 2.04. The normalized spacial score (nSPS) is 13.2. The molecule has 17 heavy (non-hydrogen) atoms. The smallest absolute Gasteiger partial charge is 0.00612 e. The molecule has 0 saturated carbocycles. The van der Waals surface area contributed by atoms with Crippen LogP contribution in [-0.2, 0) is 0 Å². The lowest BCUT2D eigenvalue weighted by atomic mass is 10.1.